The van der Waals surface area contributed by atoms with Gasteiger partial charge in [0.15, 0.2) is 6.61 Å². The molecule has 0 radical (unpaired) electrons. The maximum Gasteiger partial charge on any atom is 0.306 e. The molecule has 0 aliphatic heterocycles. The molecule has 0 bridgehead atoms. The number of ether oxygens (including phenoxy) is 2. The number of hydrogen-bond donors (Lipinski definition) is 1. The topological polar surface area (TPSA) is 84.9 Å². The average molecular weight is 412 g/mol. The van der Waals surface area contributed by atoms with Crippen LogP contribution in [0.1, 0.15) is 24.5 Å². The molecule has 0 saturated carbocycles. The van der Waals surface area contributed by atoms with Crippen LogP contribution in [0.25, 0.3) is 0 Å². The molecule has 2 amide bonds. The van der Waals surface area contributed by atoms with Crippen LogP contribution in [-0.4, -0.2) is 50.0 Å². The van der Waals surface area contributed by atoms with Crippen molar-refractivity contribution in [3.05, 3.63) is 59.7 Å². The maximum absolute atomic E-state index is 12.2. The number of aryl methyl sites for hydroxylation is 2. The van der Waals surface area contributed by atoms with E-state index in [4.69, 9.17) is 9.47 Å². The molecule has 0 aliphatic carbocycles. The molecule has 2 aromatic carbocycles. The molecular formula is C23H28N2O5. The first kappa shape index (κ1) is 22.9. The van der Waals surface area contributed by atoms with Crippen LogP contribution in [0, 0.1) is 0 Å². The van der Waals surface area contributed by atoms with Crippen molar-refractivity contribution >= 4 is 23.5 Å². The van der Waals surface area contributed by atoms with Crippen LogP contribution < -0.4 is 10.1 Å². The molecule has 0 spiro atoms. The van der Waals surface area contributed by atoms with E-state index in [0.29, 0.717) is 6.42 Å². The summed E-state index contributed by atoms with van der Waals surface area (Å²) in [4.78, 5) is 37.5. The minimum Gasteiger partial charge on any atom is -0.497 e. The first-order chi connectivity index (χ1) is 14.4. The number of methoxy groups -OCH3 is 1. The summed E-state index contributed by atoms with van der Waals surface area (Å²) in [6.45, 7) is 1.49. The zero-order valence-corrected chi connectivity index (χ0v) is 17.6. The van der Waals surface area contributed by atoms with Gasteiger partial charge in [0, 0.05) is 19.2 Å². The number of rotatable bonds is 10. The quantitative estimate of drug-likeness (QED) is 0.607. The van der Waals surface area contributed by atoms with Crippen molar-refractivity contribution in [2.24, 2.45) is 0 Å². The summed E-state index contributed by atoms with van der Waals surface area (Å²) in [5.41, 5.74) is 2.72. The Kier molecular flexibility index (Phi) is 8.87. The monoisotopic (exact) mass is 412 g/mol. The SMILES string of the molecule is CCc1ccccc1NC(=O)CN(C)C(=O)COC(=O)CCc1ccc(OC)cc1. The molecule has 1 N–H and O–H groups in total. The van der Waals surface area contributed by atoms with Crippen LogP contribution in [-0.2, 0) is 32.0 Å². The van der Waals surface area contributed by atoms with Crippen LogP contribution in [0.15, 0.2) is 48.5 Å². The summed E-state index contributed by atoms with van der Waals surface area (Å²) in [6.07, 6.45) is 1.46. The van der Waals surface area contributed by atoms with Crippen molar-refractivity contribution in [3.63, 3.8) is 0 Å². The van der Waals surface area contributed by atoms with Gasteiger partial charge in [0.25, 0.3) is 5.91 Å². The number of anilines is 1. The Morgan fingerprint density at radius 3 is 2.40 bits per heavy atom. The second-order valence-corrected chi connectivity index (χ2v) is 6.82. The summed E-state index contributed by atoms with van der Waals surface area (Å²) in [5.74, 6) is -0.463. The van der Waals surface area contributed by atoms with E-state index < -0.39 is 18.5 Å². The Balaban J connectivity index is 1.72. The van der Waals surface area contributed by atoms with Crippen LogP contribution in [0.3, 0.4) is 0 Å². The van der Waals surface area contributed by atoms with Gasteiger partial charge in [-0.1, -0.05) is 37.3 Å². The number of likely N-dealkylation sites (N-methyl/N-ethyl adjacent to an activating group) is 1. The van der Waals surface area contributed by atoms with Crippen LogP contribution >= 0.6 is 0 Å². The molecule has 0 saturated heterocycles. The molecule has 160 valence electrons. The first-order valence-corrected chi connectivity index (χ1v) is 9.83. The van der Waals surface area contributed by atoms with E-state index in [1.807, 2.05) is 55.5 Å². The largest absolute Gasteiger partial charge is 0.497 e. The van der Waals surface area contributed by atoms with E-state index in [0.717, 1.165) is 29.0 Å². The molecular weight excluding hydrogens is 384 g/mol. The van der Waals surface area contributed by atoms with Gasteiger partial charge in [0.1, 0.15) is 5.75 Å². The third kappa shape index (κ3) is 7.24. The predicted molar refractivity (Wildman–Crippen MR) is 114 cm³/mol. The van der Waals surface area contributed by atoms with E-state index in [1.165, 1.54) is 11.9 Å². The third-order valence-electron chi connectivity index (χ3n) is 4.61. The summed E-state index contributed by atoms with van der Waals surface area (Å²) in [5, 5.41) is 2.81. The summed E-state index contributed by atoms with van der Waals surface area (Å²) >= 11 is 0. The van der Waals surface area contributed by atoms with E-state index in [9.17, 15) is 14.4 Å². The fourth-order valence-electron chi connectivity index (χ4n) is 2.81. The van der Waals surface area contributed by atoms with Gasteiger partial charge in [-0.05, 0) is 42.2 Å². The normalized spacial score (nSPS) is 10.2. The Morgan fingerprint density at radius 1 is 1.03 bits per heavy atom. The smallest absolute Gasteiger partial charge is 0.306 e. The fraction of sp³-hybridized carbons (Fsp3) is 0.348. The number of hydrogen-bond acceptors (Lipinski definition) is 5. The Morgan fingerprint density at radius 2 is 1.73 bits per heavy atom. The van der Waals surface area contributed by atoms with E-state index in [1.54, 1.807) is 7.11 Å². The summed E-state index contributed by atoms with van der Waals surface area (Å²) in [7, 11) is 3.09. The molecule has 0 aliphatic rings. The van der Waals surface area contributed by atoms with Gasteiger partial charge in [0.05, 0.1) is 13.7 Å². The van der Waals surface area contributed by atoms with Gasteiger partial charge < -0.3 is 19.7 Å². The predicted octanol–water partition coefficient (Wildman–Crippen LogP) is 2.83. The molecule has 2 rings (SSSR count). The lowest BCUT2D eigenvalue weighted by molar-refractivity contribution is -0.151. The van der Waals surface area contributed by atoms with Crippen molar-refractivity contribution in [2.45, 2.75) is 26.2 Å². The van der Waals surface area contributed by atoms with Crippen molar-refractivity contribution in [3.8, 4) is 5.75 Å². The Hall–Kier alpha value is -3.35. The molecule has 7 nitrogen and oxygen atoms in total. The number of para-hydroxylation sites is 1. The lowest BCUT2D eigenvalue weighted by Gasteiger charge is -2.17. The van der Waals surface area contributed by atoms with Crippen molar-refractivity contribution in [2.75, 3.05) is 32.6 Å². The van der Waals surface area contributed by atoms with Crippen molar-refractivity contribution in [1.29, 1.82) is 0 Å². The highest BCUT2D eigenvalue weighted by Crippen LogP contribution is 2.15. The molecule has 0 unspecified atom stereocenters. The zero-order chi connectivity index (χ0) is 21.9. The second-order valence-electron chi connectivity index (χ2n) is 6.82. The molecule has 0 atom stereocenters. The Labute approximate surface area is 177 Å². The van der Waals surface area contributed by atoms with Gasteiger partial charge in [-0.2, -0.15) is 0 Å². The summed E-state index contributed by atoms with van der Waals surface area (Å²) < 4.78 is 10.1. The average Bonchev–Trinajstić information content (AvgIpc) is 2.76. The van der Waals surface area contributed by atoms with Gasteiger partial charge in [-0.25, -0.2) is 0 Å². The lowest BCUT2D eigenvalue weighted by atomic mass is 10.1. The molecule has 7 heteroatoms. The molecule has 0 fully saturated rings. The van der Waals surface area contributed by atoms with Gasteiger partial charge in [0.2, 0.25) is 5.91 Å². The minimum atomic E-state index is -0.464. The molecule has 0 heterocycles. The number of nitrogens with one attached hydrogen (secondary N) is 1. The fourth-order valence-corrected chi connectivity index (χ4v) is 2.81. The minimum absolute atomic E-state index is 0.125. The second kappa shape index (κ2) is 11.6. The number of carbonyl (C=O) groups excluding carboxylic acids is 3. The third-order valence-corrected chi connectivity index (χ3v) is 4.61. The van der Waals surface area contributed by atoms with E-state index in [2.05, 4.69) is 5.32 Å². The number of esters is 1. The zero-order valence-electron chi connectivity index (χ0n) is 17.6. The van der Waals surface area contributed by atoms with Gasteiger partial charge in [-0.3, -0.25) is 14.4 Å². The summed E-state index contributed by atoms with van der Waals surface area (Å²) in [6, 6.07) is 14.9. The highest BCUT2D eigenvalue weighted by atomic mass is 16.5. The van der Waals surface area contributed by atoms with Crippen molar-refractivity contribution in [1.82, 2.24) is 4.90 Å². The van der Waals surface area contributed by atoms with Gasteiger partial charge >= 0.3 is 5.97 Å². The number of nitrogens with zero attached hydrogens (tertiary/aromatic N) is 1. The highest BCUT2D eigenvalue weighted by molar-refractivity contribution is 5.95. The first-order valence-electron chi connectivity index (χ1n) is 9.83. The highest BCUT2D eigenvalue weighted by Gasteiger charge is 2.16. The van der Waals surface area contributed by atoms with Crippen LogP contribution in [0.2, 0.25) is 0 Å². The van der Waals surface area contributed by atoms with Gasteiger partial charge in [-0.15, -0.1) is 0 Å². The number of benzene rings is 2. The Bertz CT molecular complexity index is 864. The lowest BCUT2D eigenvalue weighted by Crippen LogP contribution is -2.37. The molecule has 0 aromatic heterocycles. The van der Waals surface area contributed by atoms with Crippen LogP contribution in [0.5, 0.6) is 5.75 Å². The number of carbonyl (C=O) groups is 3. The molecule has 30 heavy (non-hydrogen) atoms. The maximum atomic E-state index is 12.2. The molecule has 2 aromatic rings. The van der Waals surface area contributed by atoms with Crippen LogP contribution in [0.4, 0.5) is 5.69 Å². The van der Waals surface area contributed by atoms with Crippen molar-refractivity contribution < 1.29 is 23.9 Å². The number of amides is 2. The van der Waals surface area contributed by atoms with E-state index >= 15 is 0 Å². The standard InChI is InChI=1S/C23H28N2O5/c1-4-18-7-5-6-8-20(18)24-21(26)15-25(2)22(27)16-30-23(28)14-11-17-9-12-19(29-3)13-10-17/h5-10,12-13H,4,11,14-16H2,1-3H3,(H,24,26). The van der Waals surface area contributed by atoms with E-state index in [-0.39, 0.29) is 18.9 Å².